The quantitative estimate of drug-likeness (QED) is 0.644. The number of hydrogen-bond donors (Lipinski definition) is 0. The summed E-state index contributed by atoms with van der Waals surface area (Å²) in [7, 11) is 1.81. The molecule has 0 N–H and O–H groups in total. The lowest BCUT2D eigenvalue weighted by Crippen LogP contribution is -2.30. The molecule has 29 heavy (non-hydrogen) atoms. The van der Waals surface area contributed by atoms with E-state index in [9.17, 15) is 9.59 Å². The van der Waals surface area contributed by atoms with Gasteiger partial charge in [-0.2, -0.15) is 0 Å². The van der Waals surface area contributed by atoms with Crippen molar-refractivity contribution in [3.05, 3.63) is 65.9 Å². The highest BCUT2D eigenvalue weighted by atomic mass is 16.2. The van der Waals surface area contributed by atoms with Gasteiger partial charge in [0, 0.05) is 53.9 Å². The van der Waals surface area contributed by atoms with Crippen LogP contribution in [0.2, 0.25) is 0 Å². The normalized spacial score (nSPS) is 17.6. The maximum Gasteiger partial charge on any atom is 0.258 e. The van der Waals surface area contributed by atoms with Gasteiger partial charge in [0.2, 0.25) is 5.91 Å². The van der Waals surface area contributed by atoms with E-state index in [4.69, 9.17) is 0 Å². The predicted molar refractivity (Wildman–Crippen MR) is 115 cm³/mol. The number of benzene rings is 2. The van der Waals surface area contributed by atoms with Gasteiger partial charge in [-0.05, 0) is 31.1 Å². The third kappa shape index (κ3) is 2.94. The summed E-state index contributed by atoms with van der Waals surface area (Å²) in [5.41, 5.74) is 4.54. The Kier molecular flexibility index (Phi) is 4.23. The van der Waals surface area contributed by atoms with Gasteiger partial charge in [0.05, 0.1) is 5.69 Å². The number of rotatable bonds is 3. The number of carbonyl (C=O) groups excluding carboxylic acids is 2. The van der Waals surface area contributed by atoms with Crippen LogP contribution in [0.3, 0.4) is 0 Å². The van der Waals surface area contributed by atoms with Crippen LogP contribution in [0, 0.1) is 0 Å². The van der Waals surface area contributed by atoms with E-state index in [2.05, 4.69) is 0 Å². The Bertz CT molecular complexity index is 1150. The van der Waals surface area contributed by atoms with Crippen molar-refractivity contribution in [2.45, 2.75) is 19.4 Å². The van der Waals surface area contributed by atoms with Crippen LogP contribution >= 0.6 is 0 Å². The van der Waals surface area contributed by atoms with E-state index < -0.39 is 0 Å². The molecule has 5 heteroatoms. The van der Waals surface area contributed by atoms with Crippen LogP contribution in [0.4, 0.5) is 5.69 Å². The van der Waals surface area contributed by atoms with Crippen molar-refractivity contribution in [1.82, 2.24) is 9.47 Å². The fraction of sp³-hybridized carbons (Fsp3) is 0.250. The van der Waals surface area contributed by atoms with Crippen molar-refractivity contribution >= 4 is 40.1 Å². The zero-order valence-electron chi connectivity index (χ0n) is 16.5. The van der Waals surface area contributed by atoms with E-state index >= 15 is 0 Å². The largest absolute Gasteiger partial charge is 0.341 e. The first-order valence-electron chi connectivity index (χ1n) is 10.1. The minimum Gasteiger partial charge on any atom is -0.341 e. The Labute approximate surface area is 169 Å². The molecule has 2 aliphatic rings. The summed E-state index contributed by atoms with van der Waals surface area (Å²) < 4.78 is 2.01. The van der Waals surface area contributed by atoms with Crippen LogP contribution < -0.4 is 4.90 Å². The number of amides is 2. The molecule has 3 heterocycles. The molecule has 146 valence electrons. The van der Waals surface area contributed by atoms with Crippen LogP contribution in [0.5, 0.6) is 0 Å². The molecule has 2 aliphatic heterocycles. The van der Waals surface area contributed by atoms with Crippen LogP contribution in [-0.4, -0.2) is 41.4 Å². The van der Waals surface area contributed by atoms with Crippen LogP contribution in [0.15, 0.2) is 54.7 Å². The number of aromatic nitrogens is 1. The Morgan fingerprint density at radius 2 is 1.76 bits per heavy atom. The minimum absolute atomic E-state index is 0.00354. The number of nitrogens with zero attached hydrogens (tertiary/aromatic N) is 3. The summed E-state index contributed by atoms with van der Waals surface area (Å²) in [5, 5.41) is 1.05. The Hall–Kier alpha value is -3.34. The summed E-state index contributed by atoms with van der Waals surface area (Å²) in [6.45, 7) is 2.03. The van der Waals surface area contributed by atoms with Gasteiger partial charge in [-0.1, -0.05) is 36.4 Å². The van der Waals surface area contributed by atoms with Crippen molar-refractivity contribution in [3.63, 3.8) is 0 Å². The molecule has 3 aromatic rings. The topological polar surface area (TPSA) is 45.6 Å². The average molecular weight is 385 g/mol. The van der Waals surface area contributed by atoms with Gasteiger partial charge >= 0.3 is 0 Å². The third-order valence-corrected chi connectivity index (χ3v) is 5.97. The first kappa shape index (κ1) is 17.7. The second kappa shape index (κ2) is 6.92. The molecule has 0 saturated carbocycles. The predicted octanol–water partition coefficient (Wildman–Crippen LogP) is 3.78. The molecule has 0 unspecified atom stereocenters. The van der Waals surface area contributed by atoms with E-state index in [1.54, 1.807) is 11.9 Å². The maximum absolute atomic E-state index is 12.9. The number of hydrogen-bond acceptors (Lipinski definition) is 2. The summed E-state index contributed by atoms with van der Waals surface area (Å²) in [4.78, 5) is 29.2. The smallest absolute Gasteiger partial charge is 0.258 e. The zero-order chi connectivity index (χ0) is 20.0. The number of para-hydroxylation sites is 2. The molecule has 0 aliphatic carbocycles. The highest BCUT2D eigenvalue weighted by Crippen LogP contribution is 2.37. The Balaban J connectivity index is 1.57. The molecule has 0 radical (unpaired) electrons. The fourth-order valence-corrected chi connectivity index (χ4v) is 4.43. The molecule has 2 aromatic carbocycles. The molecular formula is C24H23N3O2. The van der Waals surface area contributed by atoms with E-state index in [0.717, 1.165) is 53.6 Å². The van der Waals surface area contributed by atoms with Gasteiger partial charge in [-0.3, -0.25) is 9.59 Å². The highest BCUT2D eigenvalue weighted by molar-refractivity contribution is 6.36. The number of carbonyl (C=O) groups is 2. The van der Waals surface area contributed by atoms with E-state index in [1.165, 1.54) is 0 Å². The second-order valence-corrected chi connectivity index (χ2v) is 7.76. The average Bonchev–Trinajstić information content (AvgIpc) is 3.45. The first-order valence-corrected chi connectivity index (χ1v) is 10.1. The van der Waals surface area contributed by atoms with Crippen molar-refractivity contribution in [3.8, 4) is 0 Å². The molecule has 5 rings (SSSR count). The van der Waals surface area contributed by atoms with Gasteiger partial charge in [-0.25, -0.2) is 0 Å². The van der Waals surface area contributed by atoms with Crippen LogP contribution in [0.25, 0.3) is 22.6 Å². The maximum atomic E-state index is 12.9. The van der Waals surface area contributed by atoms with Crippen molar-refractivity contribution < 1.29 is 9.59 Å². The lowest BCUT2D eigenvalue weighted by Gasteiger charge is -2.15. The van der Waals surface area contributed by atoms with E-state index in [1.807, 2.05) is 70.3 Å². The fourth-order valence-electron chi connectivity index (χ4n) is 4.43. The highest BCUT2D eigenvalue weighted by Gasteiger charge is 2.29. The lowest BCUT2D eigenvalue weighted by molar-refractivity contribution is -0.130. The molecule has 0 spiro atoms. The Morgan fingerprint density at radius 3 is 2.59 bits per heavy atom. The molecule has 1 saturated heterocycles. The molecular weight excluding hydrogens is 362 g/mol. The minimum atomic E-state index is -0.00354. The van der Waals surface area contributed by atoms with E-state index in [-0.39, 0.29) is 11.8 Å². The number of fused-ring (bicyclic) bond motifs is 2. The molecule has 1 fully saturated rings. The summed E-state index contributed by atoms with van der Waals surface area (Å²) in [6, 6.07) is 15.9. The van der Waals surface area contributed by atoms with Crippen LogP contribution in [-0.2, 0) is 16.1 Å². The molecule has 0 bridgehead atoms. The van der Waals surface area contributed by atoms with Gasteiger partial charge in [0.1, 0.15) is 6.54 Å². The summed E-state index contributed by atoms with van der Waals surface area (Å²) >= 11 is 0. The zero-order valence-corrected chi connectivity index (χ0v) is 16.5. The third-order valence-electron chi connectivity index (χ3n) is 5.97. The van der Waals surface area contributed by atoms with Gasteiger partial charge in [0.15, 0.2) is 0 Å². The molecule has 0 atom stereocenters. The number of likely N-dealkylation sites (N-methyl/N-ethyl adjacent to an activating group) is 1. The molecule has 2 amide bonds. The van der Waals surface area contributed by atoms with E-state index in [0.29, 0.717) is 12.1 Å². The molecule has 1 aromatic heterocycles. The second-order valence-electron chi connectivity index (χ2n) is 7.76. The SMILES string of the molecule is CN1C(=O)/C(=C/c2cn(CC(=O)N3CCCC3)c3ccccc23)c2ccccc21. The Morgan fingerprint density at radius 1 is 1.03 bits per heavy atom. The standard InChI is InChI=1S/C24H23N3O2/c1-25-21-10-4-3-9-19(21)20(24(25)29)14-17-15-27(22-11-5-2-8-18(17)22)16-23(28)26-12-6-7-13-26/h2-5,8-11,14-15H,6-7,12-13,16H2,1H3/b20-14+. The van der Waals surface area contributed by atoms with Crippen molar-refractivity contribution in [2.24, 2.45) is 0 Å². The van der Waals surface area contributed by atoms with Gasteiger partial charge in [0.25, 0.3) is 5.91 Å². The molecule has 5 nitrogen and oxygen atoms in total. The summed E-state index contributed by atoms with van der Waals surface area (Å²) in [5.74, 6) is 0.153. The van der Waals surface area contributed by atoms with Crippen molar-refractivity contribution in [1.29, 1.82) is 0 Å². The first-order chi connectivity index (χ1) is 14.1. The number of anilines is 1. The van der Waals surface area contributed by atoms with Crippen molar-refractivity contribution in [2.75, 3.05) is 25.0 Å². The van der Waals surface area contributed by atoms with Crippen LogP contribution in [0.1, 0.15) is 24.0 Å². The van der Waals surface area contributed by atoms with Gasteiger partial charge in [-0.15, -0.1) is 0 Å². The number of likely N-dealkylation sites (tertiary alicyclic amines) is 1. The monoisotopic (exact) mass is 385 g/mol. The summed E-state index contributed by atoms with van der Waals surface area (Å²) in [6.07, 6.45) is 6.14. The lowest BCUT2D eigenvalue weighted by atomic mass is 10.0. The van der Waals surface area contributed by atoms with Gasteiger partial charge < -0.3 is 14.4 Å².